The summed E-state index contributed by atoms with van der Waals surface area (Å²) in [5.74, 6) is 0.230. The van der Waals surface area contributed by atoms with Crippen LogP contribution in [0.25, 0.3) is 0 Å². The highest BCUT2D eigenvalue weighted by atomic mass is 16.3. The summed E-state index contributed by atoms with van der Waals surface area (Å²) >= 11 is 0. The van der Waals surface area contributed by atoms with Gasteiger partial charge in [-0.3, -0.25) is 4.79 Å². The summed E-state index contributed by atoms with van der Waals surface area (Å²) in [6.45, 7) is 2.62. The third-order valence-electron chi connectivity index (χ3n) is 3.29. The first-order valence-corrected chi connectivity index (χ1v) is 6.06. The molecule has 0 spiro atoms. The maximum absolute atomic E-state index is 12.3. The highest BCUT2D eigenvalue weighted by molar-refractivity contribution is 5.92. The summed E-state index contributed by atoms with van der Waals surface area (Å²) in [5.41, 5.74) is 0.628. The summed E-state index contributed by atoms with van der Waals surface area (Å²) in [7, 11) is 0. The molecule has 0 aliphatic carbocycles. The van der Waals surface area contributed by atoms with E-state index < -0.39 is 0 Å². The molecule has 0 bridgehead atoms. The summed E-state index contributed by atoms with van der Waals surface area (Å²) in [6, 6.07) is 0.130. The molecular formula is C12H18N2O3. The Morgan fingerprint density at radius 2 is 2.47 bits per heavy atom. The van der Waals surface area contributed by atoms with Crippen molar-refractivity contribution in [2.75, 3.05) is 13.2 Å². The number of carbonyl (C=O) groups is 1. The van der Waals surface area contributed by atoms with Crippen molar-refractivity contribution in [3.05, 3.63) is 17.8 Å². The fourth-order valence-electron chi connectivity index (χ4n) is 2.35. The number of amides is 1. The van der Waals surface area contributed by atoms with E-state index in [1.54, 1.807) is 6.92 Å². The molecule has 0 saturated carbocycles. The topological polar surface area (TPSA) is 66.6 Å². The smallest absolute Gasteiger partial charge is 0.291 e. The van der Waals surface area contributed by atoms with Gasteiger partial charge in [0.2, 0.25) is 5.76 Å². The lowest BCUT2D eigenvalue weighted by molar-refractivity contribution is 0.0542. The number of hydrogen-bond donors (Lipinski definition) is 1. The second kappa shape index (κ2) is 5.31. The molecule has 1 N–H and O–H groups in total. The predicted molar refractivity (Wildman–Crippen MR) is 61.6 cm³/mol. The van der Waals surface area contributed by atoms with Crippen LogP contribution in [0.5, 0.6) is 0 Å². The molecule has 0 aromatic carbocycles. The van der Waals surface area contributed by atoms with E-state index in [9.17, 15) is 4.79 Å². The van der Waals surface area contributed by atoms with Crippen molar-refractivity contribution in [2.45, 2.75) is 38.6 Å². The third-order valence-corrected chi connectivity index (χ3v) is 3.29. The van der Waals surface area contributed by atoms with Crippen LogP contribution in [0, 0.1) is 6.92 Å². The quantitative estimate of drug-likeness (QED) is 0.863. The molecule has 5 nitrogen and oxygen atoms in total. The second-order valence-electron chi connectivity index (χ2n) is 4.43. The Balaban J connectivity index is 2.14. The molecule has 94 valence electrons. The van der Waals surface area contributed by atoms with Crippen LogP contribution in [0.4, 0.5) is 0 Å². The van der Waals surface area contributed by atoms with E-state index in [1.807, 2.05) is 4.90 Å². The molecule has 1 aliphatic heterocycles. The first-order chi connectivity index (χ1) is 8.24. The molecule has 0 radical (unpaired) electrons. The third kappa shape index (κ3) is 2.49. The number of piperidine rings is 1. The molecule has 1 saturated heterocycles. The number of rotatable bonds is 3. The van der Waals surface area contributed by atoms with Gasteiger partial charge in [-0.25, -0.2) is 4.98 Å². The predicted octanol–water partition coefficient (Wildman–Crippen LogP) is 1.36. The van der Waals surface area contributed by atoms with E-state index >= 15 is 0 Å². The zero-order valence-electron chi connectivity index (χ0n) is 10.1. The maximum atomic E-state index is 12.3. The van der Waals surface area contributed by atoms with Gasteiger partial charge in [0, 0.05) is 19.2 Å². The van der Waals surface area contributed by atoms with E-state index in [0.717, 1.165) is 25.8 Å². The van der Waals surface area contributed by atoms with Crippen LogP contribution in [-0.2, 0) is 0 Å². The van der Waals surface area contributed by atoms with Gasteiger partial charge in [0.05, 0.1) is 5.69 Å². The van der Waals surface area contributed by atoms with Gasteiger partial charge in [0.25, 0.3) is 5.91 Å². The summed E-state index contributed by atoms with van der Waals surface area (Å²) < 4.78 is 5.14. The SMILES string of the molecule is Cc1ncoc1C(=O)N1CCCCC1CCO. The zero-order chi connectivity index (χ0) is 12.3. The average molecular weight is 238 g/mol. The lowest BCUT2D eigenvalue weighted by Crippen LogP contribution is -2.44. The number of aliphatic hydroxyl groups excluding tert-OH is 1. The molecule has 2 rings (SSSR count). The van der Waals surface area contributed by atoms with E-state index in [4.69, 9.17) is 9.52 Å². The normalized spacial score (nSPS) is 20.6. The van der Waals surface area contributed by atoms with Gasteiger partial charge < -0.3 is 14.4 Å². The van der Waals surface area contributed by atoms with E-state index in [1.165, 1.54) is 6.39 Å². The van der Waals surface area contributed by atoms with Crippen molar-refractivity contribution in [1.82, 2.24) is 9.88 Å². The van der Waals surface area contributed by atoms with Gasteiger partial charge in [-0.2, -0.15) is 0 Å². The number of oxazole rings is 1. The molecule has 1 amide bonds. The largest absolute Gasteiger partial charge is 0.438 e. The minimum Gasteiger partial charge on any atom is -0.438 e. The van der Waals surface area contributed by atoms with Crippen molar-refractivity contribution in [2.24, 2.45) is 0 Å². The van der Waals surface area contributed by atoms with Crippen molar-refractivity contribution in [1.29, 1.82) is 0 Å². The second-order valence-corrected chi connectivity index (χ2v) is 4.43. The molecule has 1 aromatic rings. The Hall–Kier alpha value is -1.36. The standard InChI is InChI=1S/C12H18N2O3/c1-9-11(17-8-13-9)12(16)14-6-3-2-4-10(14)5-7-15/h8,10,15H,2-7H2,1H3. The molecule has 1 unspecified atom stereocenters. The molecule has 5 heteroatoms. The Labute approximate surface area is 100 Å². The van der Waals surface area contributed by atoms with E-state index in [2.05, 4.69) is 4.98 Å². The molecule has 17 heavy (non-hydrogen) atoms. The first kappa shape index (κ1) is 12.1. The van der Waals surface area contributed by atoms with Gasteiger partial charge >= 0.3 is 0 Å². The first-order valence-electron chi connectivity index (χ1n) is 6.06. The number of carbonyl (C=O) groups excluding carboxylic acids is 1. The van der Waals surface area contributed by atoms with Crippen molar-refractivity contribution < 1.29 is 14.3 Å². The lowest BCUT2D eigenvalue weighted by Gasteiger charge is -2.35. The highest BCUT2D eigenvalue weighted by Gasteiger charge is 2.29. The Kier molecular flexibility index (Phi) is 3.78. The molecular weight excluding hydrogens is 220 g/mol. The summed E-state index contributed by atoms with van der Waals surface area (Å²) in [5, 5.41) is 9.03. The van der Waals surface area contributed by atoms with Crippen LogP contribution in [-0.4, -0.2) is 40.1 Å². The van der Waals surface area contributed by atoms with Gasteiger partial charge in [-0.15, -0.1) is 0 Å². The van der Waals surface area contributed by atoms with Crippen LogP contribution in [0.1, 0.15) is 41.9 Å². The Morgan fingerprint density at radius 3 is 3.12 bits per heavy atom. The summed E-state index contributed by atoms with van der Waals surface area (Å²) in [6.07, 6.45) is 5.02. The molecule has 1 aliphatic rings. The van der Waals surface area contributed by atoms with Gasteiger partial charge in [-0.05, 0) is 32.6 Å². The minimum absolute atomic E-state index is 0.0989. The van der Waals surface area contributed by atoms with Crippen LogP contribution >= 0.6 is 0 Å². The van der Waals surface area contributed by atoms with E-state index in [0.29, 0.717) is 17.9 Å². The lowest BCUT2D eigenvalue weighted by atomic mass is 9.99. The maximum Gasteiger partial charge on any atom is 0.291 e. The van der Waals surface area contributed by atoms with Gasteiger partial charge in [0.15, 0.2) is 6.39 Å². The number of aromatic nitrogens is 1. The monoisotopic (exact) mass is 238 g/mol. The van der Waals surface area contributed by atoms with Crippen LogP contribution in [0.3, 0.4) is 0 Å². The number of aryl methyl sites for hydroxylation is 1. The Morgan fingerprint density at radius 1 is 1.65 bits per heavy atom. The fourth-order valence-corrected chi connectivity index (χ4v) is 2.35. The Bertz CT molecular complexity index is 387. The van der Waals surface area contributed by atoms with E-state index in [-0.39, 0.29) is 18.6 Å². The molecule has 1 fully saturated rings. The minimum atomic E-state index is -0.0989. The molecule has 1 atom stereocenters. The number of nitrogens with zero attached hydrogens (tertiary/aromatic N) is 2. The van der Waals surface area contributed by atoms with Crippen LogP contribution in [0.15, 0.2) is 10.8 Å². The number of hydrogen-bond acceptors (Lipinski definition) is 4. The van der Waals surface area contributed by atoms with Crippen molar-refractivity contribution in [3.63, 3.8) is 0 Å². The molecule has 1 aromatic heterocycles. The number of aliphatic hydroxyl groups is 1. The van der Waals surface area contributed by atoms with Crippen molar-refractivity contribution in [3.8, 4) is 0 Å². The number of likely N-dealkylation sites (tertiary alicyclic amines) is 1. The fraction of sp³-hybridized carbons (Fsp3) is 0.667. The van der Waals surface area contributed by atoms with Gasteiger partial charge in [0.1, 0.15) is 0 Å². The summed E-state index contributed by atoms with van der Waals surface area (Å²) in [4.78, 5) is 18.0. The average Bonchev–Trinajstić information content (AvgIpc) is 2.76. The molecule has 2 heterocycles. The van der Waals surface area contributed by atoms with Gasteiger partial charge in [-0.1, -0.05) is 0 Å². The van der Waals surface area contributed by atoms with Crippen LogP contribution in [0.2, 0.25) is 0 Å². The van der Waals surface area contributed by atoms with Crippen LogP contribution < -0.4 is 0 Å². The van der Waals surface area contributed by atoms with Crippen molar-refractivity contribution >= 4 is 5.91 Å². The highest BCUT2D eigenvalue weighted by Crippen LogP contribution is 2.22. The zero-order valence-corrected chi connectivity index (χ0v) is 10.1.